The fraction of sp³-hybridized carbons (Fsp3) is 0.241. The molecule has 3 aromatic rings. The Morgan fingerprint density at radius 3 is 1.81 bits per heavy atom. The molecule has 0 saturated carbocycles. The van der Waals surface area contributed by atoms with E-state index in [4.69, 9.17) is 4.43 Å². The highest BCUT2D eigenvalue weighted by atomic mass is 28.4. The van der Waals surface area contributed by atoms with Crippen molar-refractivity contribution >= 4 is 24.8 Å². The molecular weight excluding hydrogens is 392 g/mol. The summed E-state index contributed by atoms with van der Waals surface area (Å²) in [5.41, 5.74) is 1.17. The summed E-state index contributed by atoms with van der Waals surface area (Å²) in [5.74, 6) is 6.41. The summed E-state index contributed by atoms with van der Waals surface area (Å²) in [7, 11) is -2.43. The highest BCUT2D eigenvalue weighted by Gasteiger charge is 2.49. The molecule has 0 bridgehead atoms. The molecule has 2 heteroatoms. The van der Waals surface area contributed by atoms with E-state index in [1.807, 2.05) is 30.4 Å². The van der Waals surface area contributed by atoms with Crippen LogP contribution in [-0.2, 0) is 4.43 Å². The lowest BCUT2D eigenvalue weighted by Crippen LogP contribution is -2.66. The Bertz CT molecular complexity index is 967. The second kappa shape index (κ2) is 11.0. The predicted octanol–water partition coefficient (Wildman–Crippen LogP) is 6.06. The van der Waals surface area contributed by atoms with Crippen LogP contribution in [0.3, 0.4) is 0 Å². The molecule has 158 valence electrons. The average Bonchev–Trinajstić information content (AvgIpc) is 2.79. The summed E-state index contributed by atoms with van der Waals surface area (Å²) in [6, 6.07) is 31.8. The Labute approximate surface area is 188 Å². The van der Waals surface area contributed by atoms with Crippen molar-refractivity contribution in [3.8, 4) is 11.8 Å². The zero-order valence-electron chi connectivity index (χ0n) is 18.8. The number of benzene rings is 3. The van der Waals surface area contributed by atoms with Crippen LogP contribution in [0.5, 0.6) is 0 Å². The summed E-state index contributed by atoms with van der Waals surface area (Å²) >= 11 is 0. The van der Waals surface area contributed by atoms with Crippen LogP contribution < -0.4 is 10.4 Å². The van der Waals surface area contributed by atoms with Gasteiger partial charge >= 0.3 is 0 Å². The van der Waals surface area contributed by atoms with E-state index in [1.54, 1.807) is 0 Å². The maximum Gasteiger partial charge on any atom is 0.261 e. The number of hydrogen-bond acceptors (Lipinski definition) is 1. The first-order chi connectivity index (χ1) is 15.0. The van der Waals surface area contributed by atoms with Gasteiger partial charge in [0.15, 0.2) is 0 Å². The molecule has 0 fully saturated rings. The molecule has 3 aromatic carbocycles. The van der Waals surface area contributed by atoms with Gasteiger partial charge in [0, 0.05) is 13.0 Å². The van der Waals surface area contributed by atoms with Gasteiger partial charge in [0.25, 0.3) is 8.32 Å². The third-order valence-electron chi connectivity index (χ3n) is 5.44. The molecule has 0 heterocycles. The van der Waals surface area contributed by atoms with Gasteiger partial charge in [-0.05, 0) is 39.5 Å². The molecular formula is C29H32OSi. The van der Waals surface area contributed by atoms with Gasteiger partial charge in [-0.2, -0.15) is 0 Å². The van der Waals surface area contributed by atoms with Crippen LogP contribution in [0.4, 0.5) is 0 Å². The number of allylic oxidation sites excluding steroid dienone is 1. The maximum absolute atomic E-state index is 6.90. The lowest BCUT2D eigenvalue weighted by molar-refractivity contribution is 0.293. The number of rotatable bonds is 7. The Kier molecular flexibility index (Phi) is 8.06. The van der Waals surface area contributed by atoms with Crippen LogP contribution in [0, 0.1) is 11.8 Å². The van der Waals surface area contributed by atoms with Crippen molar-refractivity contribution in [2.24, 2.45) is 0 Å². The van der Waals surface area contributed by atoms with E-state index < -0.39 is 8.32 Å². The smallest absolute Gasteiger partial charge is 0.261 e. The van der Waals surface area contributed by atoms with Crippen molar-refractivity contribution < 1.29 is 4.43 Å². The number of hydrogen-bond donors (Lipinski definition) is 0. The van der Waals surface area contributed by atoms with Crippen molar-refractivity contribution in [2.75, 3.05) is 6.61 Å². The minimum Gasteiger partial charge on any atom is -0.407 e. The molecule has 0 N–H and O–H groups in total. The molecule has 31 heavy (non-hydrogen) atoms. The van der Waals surface area contributed by atoms with Gasteiger partial charge in [-0.25, -0.2) is 0 Å². The normalized spacial score (nSPS) is 11.8. The summed E-state index contributed by atoms with van der Waals surface area (Å²) in [4.78, 5) is 0. The number of unbranched alkanes of at least 4 members (excludes halogenated alkanes) is 1. The molecule has 0 aromatic heterocycles. The molecule has 0 atom stereocenters. The Morgan fingerprint density at radius 2 is 1.29 bits per heavy atom. The SMILES string of the molecule is CC(C)(C)[Si](OCCCC#C/C=C/c1ccccc1)(c1ccccc1)c1ccccc1. The van der Waals surface area contributed by atoms with E-state index >= 15 is 0 Å². The minimum absolute atomic E-state index is 0.0137. The fourth-order valence-corrected chi connectivity index (χ4v) is 8.59. The molecule has 0 aliphatic carbocycles. The Balaban J connectivity index is 1.71. The van der Waals surface area contributed by atoms with Gasteiger partial charge in [-0.1, -0.05) is 124 Å². The maximum atomic E-state index is 6.90. The molecule has 0 unspecified atom stereocenters. The first-order valence-electron chi connectivity index (χ1n) is 11.0. The minimum atomic E-state index is -2.43. The van der Waals surface area contributed by atoms with Gasteiger partial charge in [0.1, 0.15) is 0 Å². The van der Waals surface area contributed by atoms with Crippen molar-refractivity contribution in [1.29, 1.82) is 0 Å². The van der Waals surface area contributed by atoms with Gasteiger partial charge < -0.3 is 4.43 Å². The van der Waals surface area contributed by atoms with Crippen molar-refractivity contribution in [3.63, 3.8) is 0 Å². The molecule has 0 saturated heterocycles. The fourth-order valence-electron chi connectivity index (χ4n) is 3.98. The van der Waals surface area contributed by atoms with E-state index in [0.29, 0.717) is 6.61 Å². The summed E-state index contributed by atoms with van der Waals surface area (Å²) in [5, 5.41) is 2.66. The van der Waals surface area contributed by atoms with E-state index in [0.717, 1.165) is 12.8 Å². The zero-order chi connectivity index (χ0) is 22.0. The second-order valence-corrected chi connectivity index (χ2v) is 13.0. The molecule has 1 nitrogen and oxygen atoms in total. The third kappa shape index (κ3) is 5.85. The second-order valence-electron chi connectivity index (χ2n) is 8.68. The quantitative estimate of drug-likeness (QED) is 0.254. The van der Waals surface area contributed by atoms with Crippen LogP contribution in [0.1, 0.15) is 39.2 Å². The van der Waals surface area contributed by atoms with Gasteiger partial charge in [-0.15, -0.1) is 0 Å². The summed E-state index contributed by atoms with van der Waals surface area (Å²) in [6.45, 7) is 7.65. The topological polar surface area (TPSA) is 9.23 Å². The summed E-state index contributed by atoms with van der Waals surface area (Å²) in [6.07, 6.45) is 5.73. The first-order valence-corrected chi connectivity index (χ1v) is 12.9. The lowest BCUT2D eigenvalue weighted by atomic mass is 10.2. The van der Waals surface area contributed by atoms with Crippen LogP contribution >= 0.6 is 0 Å². The molecule has 0 spiro atoms. The zero-order valence-corrected chi connectivity index (χ0v) is 19.8. The van der Waals surface area contributed by atoms with Gasteiger partial charge in [0.2, 0.25) is 0 Å². The van der Waals surface area contributed by atoms with Crippen LogP contribution in [0.25, 0.3) is 6.08 Å². The van der Waals surface area contributed by atoms with Crippen molar-refractivity contribution in [1.82, 2.24) is 0 Å². The van der Waals surface area contributed by atoms with Crippen molar-refractivity contribution in [2.45, 2.75) is 38.7 Å². The van der Waals surface area contributed by atoms with E-state index in [2.05, 4.69) is 105 Å². The third-order valence-corrected chi connectivity index (χ3v) is 10.5. The Morgan fingerprint density at radius 1 is 0.774 bits per heavy atom. The Hall–Kier alpha value is -2.86. The van der Waals surface area contributed by atoms with Crippen LogP contribution in [-0.4, -0.2) is 14.9 Å². The standard InChI is InChI=1S/C29H32OSi/c1-29(2,3)31(27-21-13-8-14-22-27,28-23-15-9-16-24-28)30-25-17-6-4-5-10-18-26-19-11-7-12-20-26/h7-16,18-24H,6,17,25H2,1-3H3/b18-10+. The van der Waals surface area contributed by atoms with Gasteiger partial charge in [0.05, 0.1) is 0 Å². The van der Waals surface area contributed by atoms with E-state index in [1.165, 1.54) is 15.9 Å². The monoisotopic (exact) mass is 424 g/mol. The van der Waals surface area contributed by atoms with Crippen LogP contribution in [0.15, 0.2) is 97.1 Å². The largest absolute Gasteiger partial charge is 0.407 e. The van der Waals surface area contributed by atoms with Crippen molar-refractivity contribution in [3.05, 3.63) is 103 Å². The highest BCUT2D eigenvalue weighted by molar-refractivity contribution is 6.99. The van der Waals surface area contributed by atoms with Gasteiger partial charge in [-0.3, -0.25) is 0 Å². The molecule has 0 aliphatic rings. The molecule has 0 amide bonds. The molecule has 0 aliphatic heterocycles. The average molecular weight is 425 g/mol. The summed E-state index contributed by atoms with van der Waals surface area (Å²) < 4.78 is 6.90. The van der Waals surface area contributed by atoms with E-state index in [-0.39, 0.29) is 5.04 Å². The molecule has 3 rings (SSSR count). The lowest BCUT2D eigenvalue weighted by Gasteiger charge is -2.43. The van der Waals surface area contributed by atoms with Crippen LogP contribution in [0.2, 0.25) is 5.04 Å². The first kappa shape index (κ1) is 22.8. The van der Waals surface area contributed by atoms with E-state index in [9.17, 15) is 0 Å². The predicted molar refractivity (Wildman–Crippen MR) is 136 cm³/mol. The highest BCUT2D eigenvalue weighted by Crippen LogP contribution is 2.36. The molecule has 0 radical (unpaired) electrons.